The van der Waals surface area contributed by atoms with Crippen molar-refractivity contribution in [2.75, 3.05) is 6.54 Å². The topological polar surface area (TPSA) is 12.0 Å². The predicted molar refractivity (Wildman–Crippen MR) is 84.3 cm³/mol. The van der Waals surface area contributed by atoms with Gasteiger partial charge in [-0.1, -0.05) is 28.8 Å². The summed E-state index contributed by atoms with van der Waals surface area (Å²) in [6.07, 6.45) is 9.06. The molecule has 2 saturated carbocycles. The van der Waals surface area contributed by atoms with Gasteiger partial charge in [0.15, 0.2) is 0 Å². The van der Waals surface area contributed by atoms with Crippen molar-refractivity contribution in [3.63, 3.8) is 0 Å². The Morgan fingerprint density at radius 1 is 1.05 bits per heavy atom. The van der Waals surface area contributed by atoms with Crippen LogP contribution in [-0.2, 0) is 6.42 Å². The Morgan fingerprint density at radius 2 is 1.80 bits per heavy atom. The van der Waals surface area contributed by atoms with Crippen molar-refractivity contribution in [1.82, 2.24) is 5.32 Å². The third-order valence-corrected chi connectivity index (χ3v) is 5.19. The van der Waals surface area contributed by atoms with Gasteiger partial charge in [-0.15, -0.1) is 0 Å². The monoisotopic (exact) mass is 339 g/mol. The van der Waals surface area contributed by atoms with Crippen LogP contribution in [0.2, 0.25) is 0 Å². The highest BCUT2D eigenvalue weighted by Crippen LogP contribution is 2.33. The van der Waals surface area contributed by atoms with Gasteiger partial charge >= 0.3 is 0 Å². The molecule has 0 amide bonds. The van der Waals surface area contributed by atoms with Crippen molar-refractivity contribution >= 4 is 15.9 Å². The molecule has 3 heteroatoms. The number of nitrogens with one attached hydrogen (secondary N) is 1. The van der Waals surface area contributed by atoms with Crippen LogP contribution >= 0.6 is 15.9 Å². The second kappa shape index (κ2) is 6.57. The van der Waals surface area contributed by atoms with Crippen LogP contribution in [0.25, 0.3) is 0 Å². The SMILES string of the molecule is Fc1cc(Br)cc(CC2CCCCC2CNC2CC2)c1. The maximum absolute atomic E-state index is 13.5. The fourth-order valence-corrected chi connectivity index (χ4v) is 3.97. The number of benzene rings is 1. The van der Waals surface area contributed by atoms with Crippen molar-refractivity contribution in [2.24, 2.45) is 11.8 Å². The van der Waals surface area contributed by atoms with Crippen molar-refractivity contribution in [3.8, 4) is 0 Å². The molecular weight excluding hydrogens is 317 g/mol. The Morgan fingerprint density at radius 3 is 2.50 bits per heavy atom. The molecule has 2 aliphatic carbocycles. The van der Waals surface area contributed by atoms with E-state index >= 15 is 0 Å². The first-order valence-electron chi connectivity index (χ1n) is 7.89. The normalized spacial score (nSPS) is 26.7. The molecular formula is C17H23BrFN. The lowest BCUT2D eigenvalue weighted by atomic mass is 9.76. The largest absolute Gasteiger partial charge is 0.314 e. The first-order chi connectivity index (χ1) is 9.70. The highest BCUT2D eigenvalue weighted by atomic mass is 79.9. The van der Waals surface area contributed by atoms with E-state index in [0.717, 1.165) is 35.0 Å². The molecule has 0 bridgehead atoms. The molecule has 0 saturated heterocycles. The fraction of sp³-hybridized carbons (Fsp3) is 0.647. The molecule has 20 heavy (non-hydrogen) atoms. The Hall–Kier alpha value is -0.410. The minimum atomic E-state index is -0.127. The zero-order valence-electron chi connectivity index (χ0n) is 11.9. The van der Waals surface area contributed by atoms with Crippen LogP contribution in [0.4, 0.5) is 4.39 Å². The van der Waals surface area contributed by atoms with Gasteiger partial charge in [0.05, 0.1) is 0 Å². The van der Waals surface area contributed by atoms with Crippen molar-refractivity contribution in [3.05, 3.63) is 34.1 Å². The number of rotatable bonds is 5. The molecule has 2 atom stereocenters. The van der Waals surface area contributed by atoms with Gasteiger partial charge < -0.3 is 5.32 Å². The molecule has 1 nitrogen and oxygen atoms in total. The van der Waals surface area contributed by atoms with Crippen molar-refractivity contribution in [2.45, 2.75) is 51.0 Å². The predicted octanol–water partition coefficient (Wildman–Crippen LogP) is 4.69. The third kappa shape index (κ3) is 4.05. The fourth-order valence-electron chi connectivity index (χ4n) is 3.46. The summed E-state index contributed by atoms with van der Waals surface area (Å²) in [4.78, 5) is 0. The summed E-state index contributed by atoms with van der Waals surface area (Å²) < 4.78 is 14.4. The van der Waals surface area contributed by atoms with E-state index in [1.165, 1.54) is 44.6 Å². The molecule has 0 heterocycles. The van der Waals surface area contributed by atoms with Gasteiger partial charge in [0, 0.05) is 10.5 Å². The molecule has 0 radical (unpaired) electrons. The van der Waals surface area contributed by atoms with Crippen LogP contribution in [0.5, 0.6) is 0 Å². The van der Waals surface area contributed by atoms with E-state index < -0.39 is 0 Å². The molecule has 1 N–H and O–H groups in total. The standard InChI is InChI=1S/C17H23BrFN/c18-15-8-12(9-16(19)10-15)7-13-3-1-2-4-14(13)11-20-17-5-6-17/h8-10,13-14,17,20H,1-7,11H2. The smallest absolute Gasteiger partial charge is 0.124 e. The van der Waals surface area contributed by atoms with Crippen molar-refractivity contribution in [1.29, 1.82) is 0 Å². The van der Waals surface area contributed by atoms with Crippen LogP contribution in [-0.4, -0.2) is 12.6 Å². The number of halogens is 2. The Labute approximate surface area is 129 Å². The number of hydrogen-bond donors (Lipinski definition) is 1. The lowest BCUT2D eigenvalue weighted by Gasteiger charge is -2.32. The van der Waals surface area contributed by atoms with Gasteiger partial charge in [-0.05, 0) is 74.2 Å². The van der Waals surface area contributed by atoms with Crippen LogP contribution in [0.3, 0.4) is 0 Å². The van der Waals surface area contributed by atoms with Gasteiger partial charge in [0.25, 0.3) is 0 Å². The van der Waals surface area contributed by atoms with Crippen LogP contribution in [0.1, 0.15) is 44.1 Å². The highest BCUT2D eigenvalue weighted by molar-refractivity contribution is 9.10. The Bertz CT molecular complexity index is 438. The molecule has 3 rings (SSSR count). The summed E-state index contributed by atoms with van der Waals surface area (Å²) in [7, 11) is 0. The summed E-state index contributed by atoms with van der Waals surface area (Å²) in [6, 6.07) is 6.10. The lowest BCUT2D eigenvalue weighted by molar-refractivity contribution is 0.228. The summed E-state index contributed by atoms with van der Waals surface area (Å²) in [5.74, 6) is 1.35. The van der Waals surface area contributed by atoms with E-state index in [1.807, 2.05) is 0 Å². The van der Waals surface area contributed by atoms with Crippen LogP contribution < -0.4 is 5.32 Å². The van der Waals surface area contributed by atoms with E-state index in [1.54, 1.807) is 6.07 Å². The van der Waals surface area contributed by atoms with Gasteiger partial charge in [-0.3, -0.25) is 0 Å². The van der Waals surface area contributed by atoms with Crippen LogP contribution in [0, 0.1) is 17.7 Å². The van der Waals surface area contributed by atoms with Gasteiger partial charge in [0.1, 0.15) is 5.82 Å². The summed E-state index contributed by atoms with van der Waals surface area (Å²) in [6.45, 7) is 1.16. The van der Waals surface area contributed by atoms with Gasteiger partial charge in [-0.2, -0.15) is 0 Å². The van der Waals surface area contributed by atoms with E-state index in [9.17, 15) is 4.39 Å². The second-order valence-corrected chi connectivity index (χ2v) is 7.38. The van der Waals surface area contributed by atoms with E-state index in [4.69, 9.17) is 0 Å². The Balaban J connectivity index is 1.62. The lowest BCUT2D eigenvalue weighted by Crippen LogP contribution is -2.32. The highest BCUT2D eigenvalue weighted by Gasteiger charge is 2.28. The first kappa shape index (κ1) is 14.5. The molecule has 1 aromatic rings. The van der Waals surface area contributed by atoms with E-state index in [2.05, 4.69) is 27.3 Å². The molecule has 110 valence electrons. The zero-order valence-corrected chi connectivity index (χ0v) is 13.5. The third-order valence-electron chi connectivity index (χ3n) is 4.73. The maximum Gasteiger partial charge on any atom is 0.124 e. The minimum absolute atomic E-state index is 0.127. The molecule has 2 unspecified atom stereocenters. The molecule has 1 aromatic carbocycles. The van der Waals surface area contributed by atoms with Gasteiger partial charge in [0.2, 0.25) is 0 Å². The maximum atomic E-state index is 13.5. The quantitative estimate of drug-likeness (QED) is 0.820. The Kier molecular flexibility index (Phi) is 4.77. The second-order valence-electron chi connectivity index (χ2n) is 6.47. The minimum Gasteiger partial charge on any atom is -0.314 e. The molecule has 0 spiro atoms. The van der Waals surface area contributed by atoms with E-state index in [0.29, 0.717) is 5.92 Å². The van der Waals surface area contributed by atoms with Gasteiger partial charge in [-0.25, -0.2) is 4.39 Å². The van der Waals surface area contributed by atoms with Crippen molar-refractivity contribution < 1.29 is 4.39 Å². The summed E-state index contributed by atoms with van der Waals surface area (Å²) >= 11 is 3.40. The summed E-state index contributed by atoms with van der Waals surface area (Å²) in [5.41, 5.74) is 1.14. The molecule has 0 aliphatic heterocycles. The number of hydrogen-bond acceptors (Lipinski definition) is 1. The van der Waals surface area contributed by atoms with Crippen LogP contribution in [0.15, 0.2) is 22.7 Å². The average Bonchev–Trinajstić information content (AvgIpc) is 3.20. The molecule has 2 fully saturated rings. The molecule has 0 aromatic heterocycles. The summed E-state index contributed by atoms with van der Waals surface area (Å²) in [5, 5.41) is 3.68. The molecule has 2 aliphatic rings. The average molecular weight is 340 g/mol. The van der Waals surface area contributed by atoms with E-state index in [-0.39, 0.29) is 5.82 Å². The first-order valence-corrected chi connectivity index (χ1v) is 8.68. The zero-order chi connectivity index (χ0) is 13.9.